The first-order valence-corrected chi connectivity index (χ1v) is 11.0. The second kappa shape index (κ2) is 8.36. The Kier molecular flexibility index (Phi) is 5.89. The first-order chi connectivity index (χ1) is 13.1. The Balaban J connectivity index is 1.86. The number of hydrogen-bond acceptors (Lipinski definition) is 2. The number of nitrogens with zero attached hydrogens (tertiary/aromatic N) is 2. The summed E-state index contributed by atoms with van der Waals surface area (Å²) in [5.41, 5.74) is 4.42. The zero-order valence-electron chi connectivity index (χ0n) is 15.6. The van der Waals surface area contributed by atoms with E-state index in [9.17, 15) is 4.79 Å². The molecule has 144 valence electrons. The van der Waals surface area contributed by atoms with E-state index in [2.05, 4.69) is 0 Å². The third-order valence-electron chi connectivity index (χ3n) is 6.18. The van der Waals surface area contributed by atoms with Crippen LogP contribution in [-0.2, 0) is 17.6 Å². The molecule has 0 saturated heterocycles. The third kappa shape index (κ3) is 3.95. The molecule has 1 aromatic carbocycles. The number of fused-ring (bicyclic) bond motifs is 1. The summed E-state index contributed by atoms with van der Waals surface area (Å²) in [6.07, 6.45) is 11.3. The topological polar surface area (TPSA) is 34.9 Å². The third-order valence-corrected chi connectivity index (χ3v) is 6.67. The number of carbonyl (C=O) groups is 1. The molecule has 2 aliphatic rings. The zero-order chi connectivity index (χ0) is 18.8. The Hall–Kier alpha value is -1.32. The van der Waals surface area contributed by atoms with Crippen molar-refractivity contribution in [2.45, 2.75) is 70.1 Å². The van der Waals surface area contributed by atoms with Crippen LogP contribution in [0.15, 0.2) is 24.3 Å². The maximum Gasteiger partial charge on any atom is 0.230 e. The zero-order valence-corrected chi connectivity index (χ0v) is 17.1. The lowest BCUT2D eigenvalue weighted by Crippen LogP contribution is -2.24. The van der Waals surface area contributed by atoms with Gasteiger partial charge in [-0.05, 0) is 85.9 Å². The van der Waals surface area contributed by atoms with E-state index in [1.165, 1.54) is 31.2 Å². The van der Waals surface area contributed by atoms with Crippen LogP contribution in [0.2, 0.25) is 5.02 Å². The largest absolute Gasteiger partial charge is 0.281 e. The maximum atomic E-state index is 12.7. The molecular formula is C22H26Cl2N2O. The molecule has 1 atom stereocenters. The van der Waals surface area contributed by atoms with E-state index in [1.54, 1.807) is 0 Å². The number of aromatic nitrogens is 2. The summed E-state index contributed by atoms with van der Waals surface area (Å²) >= 11 is 12.3. The fraction of sp³-hybridized carbons (Fsp3) is 0.545. The molecule has 2 aliphatic carbocycles. The number of benzene rings is 1. The lowest BCUT2D eigenvalue weighted by atomic mass is 9.77. The molecule has 1 fully saturated rings. The molecule has 1 heterocycles. The van der Waals surface area contributed by atoms with Crippen LogP contribution in [0.25, 0.3) is 5.69 Å². The summed E-state index contributed by atoms with van der Waals surface area (Å²) in [5, 5.41) is 5.44. The van der Waals surface area contributed by atoms with Gasteiger partial charge in [-0.15, -0.1) is 0 Å². The first kappa shape index (κ1) is 19.0. The average molecular weight is 405 g/mol. The molecular weight excluding hydrogens is 379 g/mol. The van der Waals surface area contributed by atoms with Gasteiger partial charge in [-0.2, -0.15) is 5.10 Å². The summed E-state index contributed by atoms with van der Waals surface area (Å²) in [7, 11) is 0. The molecule has 0 amide bonds. The minimum Gasteiger partial charge on any atom is -0.281 e. The van der Waals surface area contributed by atoms with E-state index in [1.807, 2.05) is 28.9 Å². The van der Waals surface area contributed by atoms with Crippen LogP contribution < -0.4 is 0 Å². The molecule has 27 heavy (non-hydrogen) atoms. The average Bonchev–Trinajstić information content (AvgIpc) is 2.86. The Morgan fingerprint density at radius 2 is 1.67 bits per heavy atom. The molecule has 0 bridgehead atoms. The molecule has 0 spiro atoms. The van der Waals surface area contributed by atoms with Crippen molar-refractivity contribution < 1.29 is 4.79 Å². The lowest BCUT2D eigenvalue weighted by molar-refractivity contribution is -0.114. The van der Waals surface area contributed by atoms with E-state index < -0.39 is 0 Å². The van der Waals surface area contributed by atoms with Crippen molar-refractivity contribution >= 4 is 28.4 Å². The molecule has 0 radical (unpaired) electrons. The van der Waals surface area contributed by atoms with Gasteiger partial charge in [0, 0.05) is 5.02 Å². The predicted molar refractivity (Wildman–Crippen MR) is 110 cm³/mol. The van der Waals surface area contributed by atoms with E-state index >= 15 is 0 Å². The Labute approximate surface area is 171 Å². The summed E-state index contributed by atoms with van der Waals surface area (Å²) in [6, 6.07) is 7.72. The van der Waals surface area contributed by atoms with Gasteiger partial charge in [-0.1, -0.05) is 37.3 Å². The molecule has 3 nitrogen and oxygen atoms in total. The second-order valence-electron chi connectivity index (χ2n) is 7.94. The van der Waals surface area contributed by atoms with Gasteiger partial charge in [-0.3, -0.25) is 4.79 Å². The smallest absolute Gasteiger partial charge is 0.230 e. The number of carbonyl (C=O) groups excluding carboxylic acids is 1. The van der Waals surface area contributed by atoms with Gasteiger partial charge in [0.15, 0.2) is 0 Å². The van der Waals surface area contributed by atoms with Crippen molar-refractivity contribution in [3.8, 4) is 5.69 Å². The maximum absolute atomic E-state index is 12.7. The molecule has 0 N–H and O–H groups in total. The summed E-state index contributed by atoms with van der Waals surface area (Å²) in [6.45, 7) is 0. The molecule has 1 aromatic heterocycles. The van der Waals surface area contributed by atoms with Gasteiger partial charge in [0.1, 0.15) is 0 Å². The molecule has 5 heteroatoms. The highest BCUT2D eigenvalue weighted by Crippen LogP contribution is 2.41. The molecule has 0 aliphatic heterocycles. The van der Waals surface area contributed by atoms with Gasteiger partial charge in [0.2, 0.25) is 5.24 Å². The predicted octanol–water partition coefficient (Wildman–Crippen LogP) is 6.22. The van der Waals surface area contributed by atoms with Crippen molar-refractivity contribution in [1.29, 1.82) is 0 Å². The van der Waals surface area contributed by atoms with Crippen molar-refractivity contribution in [3.63, 3.8) is 0 Å². The van der Waals surface area contributed by atoms with Gasteiger partial charge < -0.3 is 0 Å². The van der Waals surface area contributed by atoms with Gasteiger partial charge >= 0.3 is 0 Å². The molecule has 4 rings (SSSR count). The summed E-state index contributed by atoms with van der Waals surface area (Å²) in [5.74, 6) is 0.0517. The normalized spacial score (nSPS) is 19.3. The van der Waals surface area contributed by atoms with Crippen LogP contribution in [0.3, 0.4) is 0 Å². The number of rotatable bonds is 4. The quantitative estimate of drug-likeness (QED) is 0.447. The van der Waals surface area contributed by atoms with Crippen molar-refractivity contribution in [1.82, 2.24) is 9.78 Å². The monoisotopic (exact) mass is 404 g/mol. The highest BCUT2D eigenvalue weighted by atomic mass is 35.5. The fourth-order valence-electron chi connectivity index (χ4n) is 4.84. The second-order valence-corrected chi connectivity index (χ2v) is 8.75. The fourth-order valence-corrected chi connectivity index (χ4v) is 5.24. The molecule has 2 aromatic rings. The van der Waals surface area contributed by atoms with E-state index in [-0.39, 0.29) is 11.2 Å². The van der Waals surface area contributed by atoms with Gasteiger partial charge in [0.25, 0.3) is 0 Å². The van der Waals surface area contributed by atoms with Crippen molar-refractivity contribution in [3.05, 3.63) is 46.2 Å². The lowest BCUT2D eigenvalue weighted by Gasteiger charge is -2.29. The van der Waals surface area contributed by atoms with Crippen LogP contribution in [-0.4, -0.2) is 15.0 Å². The van der Waals surface area contributed by atoms with Crippen LogP contribution >= 0.6 is 23.2 Å². The highest BCUT2D eigenvalue weighted by Gasteiger charge is 2.36. The van der Waals surface area contributed by atoms with E-state index in [0.717, 1.165) is 55.6 Å². The van der Waals surface area contributed by atoms with Crippen LogP contribution in [0.1, 0.15) is 74.2 Å². The Morgan fingerprint density at radius 3 is 2.37 bits per heavy atom. The summed E-state index contributed by atoms with van der Waals surface area (Å²) < 4.78 is 1.99. The number of hydrogen-bond donors (Lipinski definition) is 0. The minimum atomic E-state index is -0.267. The van der Waals surface area contributed by atoms with Crippen molar-refractivity contribution in [2.75, 3.05) is 0 Å². The number of aryl methyl sites for hydroxylation is 1. The first-order valence-electron chi connectivity index (χ1n) is 10.2. The van der Waals surface area contributed by atoms with E-state index in [4.69, 9.17) is 28.3 Å². The standard InChI is InChI=1S/C22H26Cl2N2O/c23-16-11-13-17(14-12-16)26-21(18-9-5-2-6-10-19(18)25-26)20(22(24)27)15-7-3-1-4-8-15/h11-15,20H,1-10H2. The molecule has 1 saturated carbocycles. The minimum absolute atomic E-state index is 0.232. The summed E-state index contributed by atoms with van der Waals surface area (Å²) in [4.78, 5) is 12.7. The Morgan fingerprint density at radius 1 is 1.00 bits per heavy atom. The van der Waals surface area contributed by atoms with E-state index in [0.29, 0.717) is 10.9 Å². The number of halogens is 2. The van der Waals surface area contributed by atoms with Crippen LogP contribution in [0.4, 0.5) is 0 Å². The van der Waals surface area contributed by atoms with Crippen molar-refractivity contribution in [2.24, 2.45) is 5.92 Å². The molecule has 1 unspecified atom stereocenters. The van der Waals surface area contributed by atoms with Crippen LogP contribution in [0, 0.1) is 5.92 Å². The van der Waals surface area contributed by atoms with Gasteiger partial charge in [0.05, 0.1) is 23.0 Å². The van der Waals surface area contributed by atoms with Crippen LogP contribution in [0.5, 0.6) is 0 Å². The van der Waals surface area contributed by atoms with Gasteiger partial charge in [-0.25, -0.2) is 4.68 Å². The highest BCUT2D eigenvalue weighted by molar-refractivity contribution is 6.64. The SMILES string of the molecule is O=C(Cl)C(c1c2c(nn1-c1ccc(Cl)cc1)CCCCC2)C1CCCCC1. The Bertz CT molecular complexity index is 806.